The van der Waals surface area contributed by atoms with E-state index in [2.05, 4.69) is 27.6 Å². The molecule has 0 bridgehead atoms. The molecule has 0 saturated carbocycles. The lowest BCUT2D eigenvalue weighted by Gasteiger charge is -2.23. The third-order valence-electron chi connectivity index (χ3n) is 4.98. The SMILES string of the molecule is O=C([C@H]1C[C@@H](O)CN1)N1CCc2[nH]nc(-c3ccccc3)c2CC1. The molecule has 126 valence electrons. The third-order valence-corrected chi connectivity index (χ3v) is 4.98. The zero-order valence-electron chi connectivity index (χ0n) is 13.5. The zero-order valence-corrected chi connectivity index (χ0v) is 13.5. The summed E-state index contributed by atoms with van der Waals surface area (Å²) in [5.74, 6) is 0.103. The van der Waals surface area contributed by atoms with Crippen LogP contribution in [0.4, 0.5) is 0 Å². The van der Waals surface area contributed by atoms with Gasteiger partial charge in [-0.05, 0) is 12.8 Å². The van der Waals surface area contributed by atoms with E-state index in [0.29, 0.717) is 26.1 Å². The Hall–Kier alpha value is -2.18. The first-order valence-electron chi connectivity index (χ1n) is 8.54. The predicted molar refractivity (Wildman–Crippen MR) is 90.4 cm³/mol. The fourth-order valence-electron chi connectivity index (χ4n) is 3.66. The van der Waals surface area contributed by atoms with Crippen molar-refractivity contribution in [2.24, 2.45) is 0 Å². The number of aliphatic hydroxyl groups excluding tert-OH is 1. The molecule has 1 aromatic heterocycles. The number of rotatable bonds is 2. The van der Waals surface area contributed by atoms with Crippen molar-refractivity contribution in [1.82, 2.24) is 20.4 Å². The predicted octanol–water partition coefficient (Wildman–Crippen LogP) is 0.727. The molecule has 2 atom stereocenters. The molecule has 24 heavy (non-hydrogen) atoms. The summed E-state index contributed by atoms with van der Waals surface area (Å²) in [6, 6.07) is 9.91. The summed E-state index contributed by atoms with van der Waals surface area (Å²) in [4.78, 5) is 14.6. The third kappa shape index (κ3) is 2.83. The minimum absolute atomic E-state index is 0.103. The first-order chi connectivity index (χ1) is 11.7. The number of aliphatic hydroxyl groups is 1. The molecular weight excluding hydrogens is 304 g/mol. The first-order valence-corrected chi connectivity index (χ1v) is 8.54. The fraction of sp³-hybridized carbons (Fsp3) is 0.444. The summed E-state index contributed by atoms with van der Waals surface area (Å²) in [6.45, 7) is 1.89. The van der Waals surface area contributed by atoms with Gasteiger partial charge in [0.25, 0.3) is 0 Å². The molecule has 0 unspecified atom stereocenters. The summed E-state index contributed by atoms with van der Waals surface area (Å²) in [5, 5.41) is 20.4. The maximum atomic E-state index is 12.7. The molecule has 2 aliphatic rings. The number of H-pyrrole nitrogens is 1. The highest BCUT2D eigenvalue weighted by molar-refractivity contribution is 5.82. The van der Waals surface area contributed by atoms with Crippen LogP contribution in [-0.2, 0) is 17.6 Å². The number of nitrogens with zero attached hydrogens (tertiary/aromatic N) is 2. The van der Waals surface area contributed by atoms with Gasteiger partial charge in [-0.25, -0.2) is 0 Å². The number of carbonyl (C=O) groups excluding carboxylic acids is 1. The molecule has 2 aliphatic heterocycles. The largest absolute Gasteiger partial charge is 0.392 e. The Labute approximate surface area is 140 Å². The lowest BCUT2D eigenvalue weighted by atomic mass is 10.0. The molecule has 3 N–H and O–H groups in total. The first kappa shape index (κ1) is 15.4. The van der Waals surface area contributed by atoms with Crippen molar-refractivity contribution in [1.29, 1.82) is 0 Å². The van der Waals surface area contributed by atoms with E-state index in [9.17, 15) is 9.90 Å². The highest BCUT2D eigenvalue weighted by atomic mass is 16.3. The van der Waals surface area contributed by atoms with E-state index in [1.54, 1.807) is 0 Å². The van der Waals surface area contributed by atoms with Gasteiger partial charge in [0.15, 0.2) is 0 Å². The van der Waals surface area contributed by atoms with Crippen LogP contribution in [0.5, 0.6) is 0 Å². The lowest BCUT2D eigenvalue weighted by Crippen LogP contribution is -2.44. The molecule has 6 nitrogen and oxygen atoms in total. The maximum absolute atomic E-state index is 12.7. The van der Waals surface area contributed by atoms with Gasteiger partial charge in [-0.15, -0.1) is 0 Å². The minimum atomic E-state index is -0.410. The summed E-state index contributed by atoms with van der Waals surface area (Å²) in [5.41, 5.74) is 4.45. The van der Waals surface area contributed by atoms with Crippen molar-refractivity contribution in [3.05, 3.63) is 41.6 Å². The van der Waals surface area contributed by atoms with E-state index in [1.165, 1.54) is 5.56 Å². The van der Waals surface area contributed by atoms with Crippen LogP contribution in [0.15, 0.2) is 30.3 Å². The molecule has 6 heteroatoms. The Morgan fingerprint density at radius 2 is 2.00 bits per heavy atom. The van der Waals surface area contributed by atoms with E-state index in [-0.39, 0.29) is 11.9 Å². The second-order valence-electron chi connectivity index (χ2n) is 6.57. The molecule has 2 aromatic rings. The Kier molecular flexibility index (Phi) is 4.08. The number of aromatic amines is 1. The number of fused-ring (bicyclic) bond motifs is 1. The van der Waals surface area contributed by atoms with Crippen LogP contribution < -0.4 is 5.32 Å². The molecule has 1 saturated heterocycles. The van der Waals surface area contributed by atoms with E-state index < -0.39 is 6.10 Å². The van der Waals surface area contributed by atoms with E-state index in [1.807, 2.05) is 23.1 Å². The van der Waals surface area contributed by atoms with Crippen molar-refractivity contribution in [3.63, 3.8) is 0 Å². The van der Waals surface area contributed by atoms with Crippen LogP contribution in [0.3, 0.4) is 0 Å². The van der Waals surface area contributed by atoms with Crippen LogP contribution >= 0.6 is 0 Å². The average molecular weight is 326 g/mol. The number of carbonyl (C=O) groups is 1. The van der Waals surface area contributed by atoms with Gasteiger partial charge in [-0.3, -0.25) is 9.89 Å². The molecule has 0 radical (unpaired) electrons. The van der Waals surface area contributed by atoms with Crippen LogP contribution in [0, 0.1) is 0 Å². The number of nitrogens with one attached hydrogen (secondary N) is 2. The van der Waals surface area contributed by atoms with Crippen molar-refractivity contribution >= 4 is 5.91 Å². The topological polar surface area (TPSA) is 81.2 Å². The van der Waals surface area contributed by atoms with Gasteiger partial charge >= 0.3 is 0 Å². The average Bonchev–Trinajstić information content (AvgIpc) is 3.16. The van der Waals surface area contributed by atoms with Gasteiger partial charge in [0.1, 0.15) is 0 Å². The highest BCUT2D eigenvalue weighted by Gasteiger charge is 2.32. The monoisotopic (exact) mass is 326 g/mol. The summed E-state index contributed by atoms with van der Waals surface area (Å²) in [7, 11) is 0. The minimum Gasteiger partial charge on any atom is -0.392 e. The molecule has 1 aromatic carbocycles. The number of benzene rings is 1. The number of hydrogen-bond donors (Lipinski definition) is 3. The second-order valence-corrected chi connectivity index (χ2v) is 6.57. The maximum Gasteiger partial charge on any atom is 0.239 e. The van der Waals surface area contributed by atoms with E-state index in [4.69, 9.17) is 0 Å². The van der Waals surface area contributed by atoms with Gasteiger partial charge in [-0.1, -0.05) is 30.3 Å². The van der Waals surface area contributed by atoms with Gasteiger partial charge in [0.05, 0.1) is 17.8 Å². The van der Waals surface area contributed by atoms with Crippen molar-refractivity contribution in [2.45, 2.75) is 31.4 Å². The fourth-order valence-corrected chi connectivity index (χ4v) is 3.66. The molecule has 4 rings (SSSR count). The van der Waals surface area contributed by atoms with Crippen LogP contribution in [0.25, 0.3) is 11.3 Å². The van der Waals surface area contributed by atoms with E-state index in [0.717, 1.165) is 29.8 Å². The number of aromatic nitrogens is 2. The summed E-state index contributed by atoms with van der Waals surface area (Å²) >= 11 is 0. The number of hydrogen-bond acceptors (Lipinski definition) is 4. The van der Waals surface area contributed by atoms with Crippen molar-refractivity contribution < 1.29 is 9.90 Å². The van der Waals surface area contributed by atoms with Gasteiger partial charge in [0, 0.05) is 42.9 Å². The van der Waals surface area contributed by atoms with Gasteiger partial charge in [-0.2, -0.15) is 5.10 Å². The molecule has 3 heterocycles. The standard InChI is InChI=1S/C18H22N4O2/c23-13-10-16(19-11-13)18(24)22-8-6-14-15(7-9-22)20-21-17(14)12-4-2-1-3-5-12/h1-5,13,16,19,23H,6-11H2,(H,20,21)/t13-,16-/m1/s1. The van der Waals surface area contributed by atoms with Crippen molar-refractivity contribution in [2.75, 3.05) is 19.6 Å². The van der Waals surface area contributed by atoms with Crippen LogP contribution in [0.1, 0.15) is 17.7 Å². The quantitative estimate of drug-likeness (QED) is 0.760. The lowest BCUT2D eigenvalue weighted by molar-refractivity contribution is -0.133. The normalized spacial score (nSPS) is 23.8. The smallest absolute Gasteiger partial charge is 0.239 e. The Balaban J connectivity index is 1.51. The molecule has 0 aliphatic carbocycles. The summed E-state index contributed by atoms with van der Waals surface area (Å²) < 4.78 is 0. The molecule has 1 amide bonds. The molecule has 0 spiro atoms. The Morgan fingerprint density at radius 1 is 1.21 bits per heavy atom. The summed E-state index contributed by atoms with van der Waals surface area (Å²) in [6.07, 6.45) is 1.69. The Bertz CT molecular complexity index is 728. The zero-order chi connectivity index (χ0) is 16.5. The van der Waals surface area contributed by atoms with Crippen LogP contribution in [0.2, 0.25) is 0 Å². The van der Waals surface area contributed by atoms with Crippen molar-refractivity contribution in [3.8, 4) is 11.3 Å². The van der Waals surface area contributed by atoms with Gasteiger partial charge in [0.2, 0.25) is 5.91 Å². The number of β-amino-alcohol motifs (C(OH)–C–C–N with tert-alkyl or cyclic N) is 1. The highest BCUT2D eigenvalue weighted by Crippen LogP contribution is 2.26. The van der Waals surface area contributed by atoms with E-state index >= 15 is 0 Å². The number of amides is 1. The second kappa shape index (κ2) is 6.37. The Morgan fingerprint density at radius 3 is 2.75 bits per heavy atom. The van der Waals surface area contributed by atoms with Crippen LogP contribution in [-0.4, -0.2) is 57.9 Å². The molecular formula is C18H22N4O2. The van der Waals surface area contributed by atoms with Gasteiger partial charge < -0.3 is 15.3 Å². The molecule has 1 fully saturated rings.